The molecule has 0 aliphatic carbocycles. The van der Waals surface area contributed by atoms with Gasteiger partial charge in [-0.25, -0.2) is 4.98 Å². The Morgan fingerprint density at radius 1 is 1.29 bits per heavy atom. The lowest BCUT2D eigenvalue weighted by atomic mass is 10.0. The van der Waals surface area contributed by atoms with Gasteiger partial charge in [-0.15, -0.1) is 0 Å². The number of nitro groups is 1. The summed E-state index contributed by atoms with van der Waals surface area (Å²) in [5.74, 6) is 0. The molecule has 1 aromatic heterocycles. The summed E-state index contributed by atoms with van der Waals surface area (Å²) < 4.78 is 0. The predicted octanol–water partition coefficient (Wildman–Crippen LogP) is 2.53. The summed E-state index contributed by atoms with van der Waals surface area (Å²) in [7, 11) is 0. The average Bonchev–Trinajstić information content (AvgIpc) is 2.39. The van der Waals surface area contributed by atoms with Gasteiger partial charge in [-0.05, 0) is 5.56 Å². The third-order valence-electron chi connectivity index (χ3n) is 2.27. The fraction of sp³-hybridized carbons (Fsp3) is 0. The van der Waals surface area contributed by atoms with Crippen LogP contribution in [0.1, 0.15) is 5.69 Å². The summed E-state index contributed by atoms with van der Waals surface area (Å²) in [5.41, 5.74) is 1.27. The largest absolute Gasteiger partial charge is 0.288 e. The molecule has 5 nitrogen and oxygen atoms in total. The van der Waals surface area contributed by atoms with Crippen LogP contribution in [0, 0.1) is 21.4 Å². The summed E-state index contributed by atoms with van der Waals surface area (Å²) in [5, 5.41) is 19.6. The van der Waals surface area contributed by atoms with Gasteiger partial charge in [0.15, 0.2) is 0 Å². The molecule has 5 heteroatoms. The first kappa shape index (κ1) is 10.8. The van der Waals surface area contributed by atoms with Crippen LogP contribution in [-0.2, 0) is 0 Å². The lowest BCUT2D eigenvalue weighted by Crippen LogP contribution is -1.94. The van der Waals surface area contributed by atoms with E-state index < -0.39 is 4.92 Å². The third-order valence-corrected chi connectivity index (χ3v) is 2.27. The molecule has 0 bridgehead atoms. The van der Waals surface area contributed by atoms with Gasteiger partial charge in [0.25, 0.3) is 5.69 Å². The number of nitriles is 1. The van der Waals surface area contributed by atoms with Crippen molar-refractivity contribution in [2.75, 3.05) is 0 Å². The smallest absolute Gasteiger partial charge is 0.258 e. The van der Waals surface area contributed by atoms with E-state index in [4.69, 9.17) is 5.26 Å². The van der Waals surface area contributed by atoms with E-state index in [1.54, 1.807) is 24.3 Å². The second kappa shape index (κ2) is 4.41. The van der Waals surface area contributed by atoms with E-state index in [1.165, 1.54) is 6.07 Å². The fourth-order valence-corrected chi connectivity index (χ4v) is 1.48. The maximum Gasteiger partial charge on any atom is 0.288 e. The topological polar surface area (TPSA) is 79.8 Å². The lowest BCUT2D eigenvalue weighted by Gasteiger charge is -2.02. The minimum absolute atomic E-state index is 0.122. The van der Waals surface area contributed by atoms with Crippen LogP contribution in [0.5, 0.6) is 0 Å². The summed E-state index contributed by atoms with van der Waals surface area (Å²) >= 11 is 0. The van der Waals surface area contributed by atoms with Gasteiger partial charge in [-0.3, -0.25) is 10.1 Å². The van der Waals surface area contributed by atoms with Crippen molar-refractivity contribution in [3.8, 4) is 17.2 Å². The van der Waals surface area contributed by atoms with Crippen molar-refractivity contribution in [3.63, 3.8) is 0 Å². The van der Waals surface area contributed by atoms with Crippen LogP contribution in [0.2, 0.25) is 0 Å². The van der Waals surface area contributed by atoms with Crippen molar-refractivity contribution >= 4 is 5.69 Å². The second-order valence-corrected chi connectivity index (χ2v) is 3.32. The Labute approximate surface area is 97.1 Å². The highest BCUT2D eigenvalue weighted by molar-refractivity contribution is 5.70. The van der Waals surface area contributed by atoms with Crippen LogP contribution in [0.25, 0.3) is 11.1 Å². The summed E-state index contributed by atoms with van der Waals surface area (Å²) in [4.78, 5) is 13.9. The molecule has 0 aliphatic rings. The Morgan fingerprint density at radius 3 is 2.59 bits per heavy atom. The Bertz CT molecular complexity index is 603. The highest BCUT2D eigenvalue weighted by Crippen LogP contribution is 2.25. The van der Waals surface area contributed by atoms with Gasteiger partial charge in [-0.1, -0.05) is 30.3 Å². The zero-order chi connectivity index (χ0) is 12.3. The van der Waals surface area contributed by atoms with Crippen LogP contribution < -0.4 is 0 Å². The zero-order valence-corrected chi connectivity index (χ0v) is 8.70. The molecule has 0 unspecified atom stereocenters. The molecule has 0 spiro atoms. The van der Waals surface area contributed by atoms with E-state index in [2.05, 4.69) is 4.98 Å². The van der Waals surface area contributed by atoms with E-state index in [1.807, 2.05) is 12.1 Å². The van der Waals surface area contributed by atoms with Crippen molar-refractivity contribution in [3.05, 3.63) is 58.4 Å². The first-order valence-corrected chi connectivity index (χ1v) is 4.82. The number of hydrogen-bond donors (Lipinski definition) is 0. The molecule has 0 radical (unpaired) electrons. The normalized spacial score (nSPS) is 9.59. The molecule has 0 N–H and O–H groups in total. The van der Waals surface area contributed by atoms with E-state index in [9.17, 15) is 10.1 Å². The van der Waals surface area contributed by atoms with Crippen molar-refractivity contribution < 1.29 is 4.92 Å². The number of benzene rings is 1. The number of rotatable bonds is 2. The summed E-state index contributed by atoms with van der Waals surface area (Å²) in [6.07, 6.45) is 1.09. The molecule has 0 atom stereocenters. The summed E-state index contributed by atoms with van der Waals surface area (Å²) in [6.45, 7) is 0. The number of hydrogen-bond acceptors (Lipinski definition) is 4. The molecular formula is C12H7N3O2. The van der Waals surface area contributed by atoms with Gasteiger partial charge in [-0.2, -0.15) is 5.26 Å². The first-order valence-electron chi connectivity index (χ1n) is 4.82. The lowest BCUT2D eigenvalue weighted by molar-refractivity contribution is -0.385. The molecular weight excluding hydrogens is 218 g/mol. The van der Waals surface area contributed by atoms with E-state index in [-0.39, 0.29) is 11.4 Å². The standard InChI is InChI=1S/C12H7N3O2/c13-7-12-11(9-4-2-1-3-5-9)6-10(8-14-12)15(16)17/h1-6,8H. The van der Waals surface area contributed by atoms with E-state index >= 15 is 0 Å². The molecule has 0 saturated heterocycles. The number of pyridine rings is 1. The van der Waals surface area contributed by atoms with Crippen molar-refractivity contribution in [2.24, 2.45) is 0 Å². The molecule has 0 aliphatic heterocycles. The number of nitrogens with zero attached hydrogens (tertiary/aromatic N) is 3. The third kappa shape index (κ3) is 2.11. The maximum atomic E-state index is 10.7. The zero-order valence-electron chi connectivity index (χ0n) is 8.70. The highest BCUT2D eigenvalue weighted by Gasteiger charge is 2.13. The average molecular weight is 225 g/mol. The molecule has 1 heterocycles. The monoisotopic (exact) mass is 225 g/mol. The van der Waals surface area contributed by atoms with Gasteiger partial charge >= 0.3 is 0 Å². The molecule has 82 valence electrons. The molecule has 17 heavy (non-hydrogen) atoms. The van der Waals surface area contributed by atoms with Gasteiger partial charge in [0, 0.05) is 11.6 Å². The minimum atomic E-state index is -0.527. The second-order valence-electron chi connectivity index (χ2n) is 3.32. The quantitative estimate of drug-likeness (QED) is 0.581. The van der Waals surface area contributed by atoms with Gasteiger partial charge in [0.1, 0.15) is 18.0 Å². The Kier molecular flexibility index (Phi) is 2.79. The number of aromatic nitrogens is 1. The highest BCUT2D eigenvalue weighted by atomic mass is 16.6. The molecule has 0 amide bonds. The minimum Gasteiger partial charge on any atom is -0.258 e. The molecule has 0 saturated carbocycles. The van der Waals surface area contributed by atoms with E-state index in [0.717, 1.165) is 11.8 Å². The van der Waals surface area contributed by atoms with Gasteiger partial charge in [0.2, 0.25) is 0 Å². The summed E-state index contributed by atoms with van der Waals surface area (Å²) in [6, 6.07) is 12.3. The van der Waals surface area contributed by atoms with Crippen LogP contribution in [-0.4, -0.2) is 9.91 Å². The van der Waals surface area contributed by atoms with E-state index in [0.29, 0.717) is 5.56 Å². The Balaban J connectivity index is 2.63. The van der Waals surface area contributed by atoms with Gasteiger partial charge < -0.3 is 0 Å². The maximum absolute atomic E-state index is 10.7. The Hall–Kier alpha value is -2.74. The molecule has 1 aromatic carbocycles. The van der Waals surface area contributed by atoms with Crippen LogP contribution in [0.4, 0.5) is 5.69 Å². The Morgan fingerprint density at radius 2 is 2.00 bits per heavy atom. The molecule has 0 fully saturated rings. The molecule has 2 rings (SSSR count). The first-order chi connectivity index (χ1) is 8.22. The SMILES string of the molecule is N#Cc1ncc([N+](=O)[O-])cc1-c1ccccc1. The van der Waals surface area contributed by atoms with Crippen molar-refractivity contribution in [1.82, 2.24) is 4.98 Å². The van der Waals surface area contributed by atoms with Crippen LogP contribution in [0.15, 0.2) is 42.6 Å². The van der Waals surface area contributed by atoms with Crippen LogP contribution in [0.3, 0.4) is 0 Å². The molecule has 2 aromatic rings. The van der Waals surface area contributed by atoms with Crippen LogP contribution >= 0.6 is 0 Å². The van der Waals surface area contributed by atoms with Gasteiger partial charge in [0.05, 0.1) is 4.92 Å². The predicted molar refractivity (Wildman–Crippen MR) is 61.0 cm³/mol. The fourth-order valence-electron chi connectivity index (χ4n) is 1.48. The van der Waals surface area contributed by atoms with Crippen molar-refractivity contribution in [2.45, 2.75) is 0 Å². The van der Waals surface area contributed by atoms with Crippen molar-refractivity contribution in [1.29, 1.82) is 5.26 Å².